The van der Waals surface area contributed by atoms with Crippen LogP contribution in [0.3, 0.4) is 0 Å². The first-order valence-corrected chi connectivity index (χ1v) is 7.24. The molecule has 20 heavy (non-hydrogen) atoms. The molecule has 0 unspecified atom stereocenters. The van der Waals surface area contributed by atoms with Gasteiger partial charge in [0.2, 0.25) is 0 Å². The fraction of sp³-hybridized carbons (Fsp3) is 0. The molecule has 4 aromatic rings. The number of halogens is 1. The minimum absolute atomic E-state index is 0.988. The predicted octanol–water partition coefficient (Wildman–Crippen LogP) is 4.92. The van der Waals surface area contributed by atoms with Gasteiger partial charge in [-0.25, -0.2) is 4.98 Å². The summed E-state index contributed by atoms with van der Waals surface area (Å²) < 4.78 is 3.24. The van der Waals surface area contributed by atoms with Crippen LogP contribution in [0.25, 0.3) is 27.8 Å². The zero-order chi connectivity index (χ0) is 13.5. The van der Waals surface area contributed by atoms with E-state index in [1.165, 1.54) is 0 Å². The zero-order valence-electron chi connectivity index (χ0n) is 10.6. The summed E-state index contributed by atoms with van der Waals surface area (Å²) in [6, 6.07) is 20.7. The molecule has 2 aromatic heterocycles. The van der Waals surface area contributed by atoms with Crippen LogP contribution in [0, 0.1) is 0 Å². The smallest absolute Gasteiger partial charge is 0.0950 e. The molecule has 2 nitrogen and oxygen atoms in total. The molecule has 0 saturated heterocycles. The van der Waals surface area contributed by atoms with Gasteiger partial charge < -0.3 is 4.40 Å². The third-order valence-corrected chi connectivity index (χ3v) is 3.96. The summed E-state index contributed by atoms with van der Waals surface area (Å²) in [6.45, 7) is 0. The maximum atomic E-state index is 4.86. The van der Waals surface area contributed by atoms with Crippen molar-refractivity contribution in [3.8, 4) is 11.3 Å². The molecular formula is C17H11BrN2. The molecule has 0 aliphatic heterocycles. The standard InChI is InChI=1S/C17H11BrN2/c18-13-8-9-15-14(11-13)19-17(12-5-2-1-3-6-12)16-7-4-10-20(15)16/h1-11H. The maximum Gasteiger partial charge on any atom is 0.0950 e. The number of nitrogens with zero attached hydrogens (tertiary/aromatic N) is 2. The minimum atomic E-state index is 0.988. The van der Waals surface area contributed by atoms with Gasteiger partial charge >= 0.3 is 0 Å². The summed E-state index contributed by atoms with van der Waals surface area (Å²) in [5.74, 6) is 0. The lowest BCUT2D eigenvalue weighted by Crippen LogP contribution is -1.94. The topological polar surface area (TPSA) is 17.3 Å². The van der Waals surface area contributed by atoms with Gasteiger partial charge in [0.25, 0.3) is 0 Å². The molecule has 0 fully saturated rings. The second-order valence-corrected chi connectivity index (χ2v) is 5.64. The summed E-state index contributed by atoms with van der Waals surface area (Å²) in [4.78, 5) is 4.86. The first-order chi connectivity index (χ1) is 9.83. The van der Waals surface area contributed by atoms with Gasteiger partial charge in [0.05, 0.1) is 22.2 Å². The van der Waals surface area contributed by atoms with Crippen molar-refractivity contribution < 1.29 is 0 Å². The molecule has 0 spiro atoms. The molecule has 0 bridgehead atoms. The van der Waals surface area contributed by atoms with E-state index in [0.717, 1.165) is 32.3 Å². The van der Waals surface area contributed by atoms with E-state index in [2.05, 4.69) is 62.9 Å². The Hall–Kier alpha value is -2.13. The van der Waals surface area contributed by atoms with Gasteiger partial charge in [-0.3, -0.25) is 0 Å². The Labute approximate surface area is 124 Å². The SMILES string of the molecule is Brc1ccc2c(c1)nc(-c1ccccc1)c1cccn12. The molecule has 0 amide bonds. The molecule has 0 saturated carbocycles. The zero-order valence-corrected chi connectivity index (χ0v) is 12.2. The minimum Gasteiger partial charge on any atom is -0.313 e. The van der Waals surface area contributed by atoms with Gasteiger partial charge in [0.15, 0.2) is 0 Å². The molecule has 0 radical (unpaired) electrons. The number of rotatable bonds is 1. The van der Waals surface area contributed by atoms with Gasteiger partial charge in [-0.15, -0.1) is 0 Å². The number of hydrogen-bond donors (Lipinski definition) is 0. The Balaban J connectivity index is 2.16. The summed E-state index contributed by atoms with van der Waals surface area (Å²) in [5, 5.41) is 0. The summed E-state index contributed by atoms with van der Waals surface area (Å²) in [6.07, 6.45) is 2.08. The van der Waals surface area contributed by atoms with E-state index in [-0.39, 0.29) is 0 Å². The van der Waals surface area contributed by atoms with Gasteiger partial charge in [-0.2, -0.15) is 0 Å². The largest absolute Gasteiger partial charge is 0.313 e. The van der Waals surface area contributed by atoms with E-state index in [4.69, 9.17) is 4.98 Å². The highest BCUT2D eigenvalue weighted by Gasteiger charge is 2.09. The van der Waals surface area contributed by atoms with Crippen molar-refractivity contribution in [2.24, 2.45) is 0 Å². The van der Waals surface area contributed by atoms with Crippen LogP contribution in [0.4, 0.5) is 0 Å². The Morgan fingerprint density at radius 2 is 1.70 bits per heavy atom. The van der Waals surface area contributed by atoms with Gasteiger partial charge in [-0.1, -0.05) is 46.3 Å². The van der Waals surface area contributed by atoms with Crippen molar-refractivity contribution in [1.82, 2.24) is 9.38 Å². The molecule has 96 valence electrons. The number of hydrogen-bond acceptors (Lipinski definition) is 1. The van der Waals surface area contributed by atoms with Crippen LogP contribution in [0.15, 0.2) is 71.3 Å². The van der Waals surface area contributed by atoms with Crippen LogP contribution in [0.2, 0.25) is 0 Å². The van der Waals surface area contributed by atoms with Crippen LogP contribution in [-0.2, 0) is 0 Å². The van der Waals surface area contributed by atoms with Crippen molar-refractivity contribution in [3.05, 3.63) is 71.3 Å². The quantitative estimate of drug-likeness (QED) is 0.486. The van der Waals surface area contributed by atoms with Crippen molar-refractivity contribution >= 4 is 32.5 Å². The Bertz CT molecular complexity index is 910. The lowest BCUT2D eigenvalue weighted by Gasteiger charge is -2.09. The predicted molar refractivity (Wildman–Crippen MR) is 85.8 cm³/mol. The van der Waals surface area contributed by atoms with Crippen molar-refractivity contribution in [3.63, 3.8) is 0 Å². The first kappa shape index (κ1) is 11.7. The van der Waals surface area contributed by atoms with Gasteiger partial charge in [0.1, 0.15) is 0 Å². The Morgan fingerprint density at radius 3 is 2.55 bits per heavy atom. The molecule has 4 rings (SSSR count). The highest BCUT2D eigenvalue weighted by atomic mass is 79.9. The lowest BCUT2D eigenvalue weighted by molar-refractivity contribution is 1.23. The van der Waals surface area contributed by atoms with E-state index in [1.54, 1.807) is 0 Å². The van der Waals surface area contributed by atoms with Crippen molar-refractivity contribution in [1.29, 1.82) is 0 Å². The first-order valence-electron chi connectivity index (χ1n) is 6.45. The van der Waals surface area contributed by atoms with Crippen LogP contribution in [0.5, 0.6) is 0 Å². The van der Waals surface area contributed by atoms with E-state index >= 15 is 0 Å². The summed E-state index contributed by atoms with van der Waals surface area (Å²) in [5.41, 5.74) is 5.39. The third-order valence-electron chi connectivity index (χ3n) is 3.47. The van der Waals surface area contributed by atoms with E-state index in [1.807, 2.05) is 24.3 Å². The fourth-order valence-electron chi connectivity index (χ4n) is 2.56. The molecule has 2 heterocycles. The molecular weight excluding hydrogens is 312 g/mol. The van der Waals surface area contributed by atoms with Crippen LogP contribution >= 0.6 is 15.9 Å². The molecule has 3 heteroatoms. The van der Waals surface area contributed by atoms with E-state index in [0.29, 0.717) is 0 Å². The average molecular weight is 323 g/mol. The molecule has 0 aliphatic rings. The molecule has 0 N–H and O–H groups in total. The molecule has 0 aliphatic carbocycles. The van der Waals surface area contributed by atoms with Gasteiger partial charge in [-0.05, 0) is 30.3 Å². The second-order valence-electron chi connectivity index (χ2n) is 4.72. The number of fused-ring (bicyclic) bond motifs is 3. The highest BCUT2D eigenvalue weighted by molar-refractivity contribution is 9.10. The Kier molecular flexibility index (Phi) is 2.60. The maximum absolute atomic E-state index is 4.86. The number of benzene rings is 2. The lowest BCUT2D eigenvalue weighted by atomic mass is 10.1. The van der Waals surface area contributed by atoms with Crippen molar-refractivity contribution in [2.75, 3.05) is 0 Å². The van der Waals surface area contributed by atoms with Crippen LogP contribution in [0.1, 0.15) is 0 Å². The van der Waals surface area contributed by atoms with Crippen LogP contribution in [-0.4, -0.2) is 9.38 Å². The normalized spacial score (nSPS) is 11.2. The molecule has 0 atom stereocenters. The van der Waals surface area contributed by atoms with Gasteiger partial charge in [0, 0.05) is 16.2 Å². The fourth-order valence-corrected chi connectivity index (χ4v) is 2.91. The average Bonchev–Trinajstić information content (AvgIpc) is 2.96. The summed E-state index contributed by atoms with van der Waals surface area (Å²) >= 11 is 3.52. The summed E-state index contributed by atoms with van der Waals surface area (Å²) in [7, 11) is 0. The third kappa shape index (κ3) is 1.74. The highest BCUT2D eigenvalue weighted by Crippen LogP contribution is 2.28. The number of aromatic nitrogens is 2. The molecule has 2 aromatic carbocycles. The Morgan fingerprint density at radius 1 is 0.850 bits per heavy atom. The van der Waals surface area contributed by atoms with Crippen LogP contribution < -0.4 is 0 Å². The second kappa shape index (κ2) is 4.46. The van der Waals surface area contributed by atoms with E-state index < -0.39 is 0 Å². The monoisotopic (exact) mass is 322 g/mol. The van der Waals surface area contributed by atoms with Crippen molar-refractivity contribution in [2.45, 2.75) is 0 Å². The van der Waals surface area contributed by atoms with E-state index in [9.17, 15) is 0 Å².